The standard InChI is InChI=1S/C17H12F3N3O3S/c1-8-3-4-9(7-10(8)17(18,19)20)23-13-14(24)11-12(22-6-5-21-11)15(25)16(13)27(2)26/h3-7,23H,1-2H3. The highest BCUT2D eigenvalue weighted by Gasteiger charge is 2.37. The van der Waals surface area contributed by atoms with Gasteiger partial charge in [-0.3, -0.25) is 13.8 Å². The lowest BCUT2D eigenvalue weighted by Gasteiger charge is -2.20. The number of anilines is 1. The monoisotopic (exact) mass is 395 g/mol. The molecule has 0 saturated heterocycles. The molecule has 6 nitrogen and oxygen atoms in total. The van der Waals surface area contributed by atoms with Gasteiger partial charge in [0.1, 0.15) is 22.0 Å². The third kappa shape index (κ3) is 3.39. The van der Waals surface area contributed by atoms with Crippen LogP contribution in [-0.2, 0) is 17.0 Å². The number of hydrogen-bond acceptors (Lipinski definition) is 6. The highest BCUT2D eigenvalue weighted by Crippen LogP contribution is 2.34. The lowest BCUT2D eigenvalue weighted by Crippen LogP contribution is -2.29. The third-order valence-corrected chi connectivity index (χ3v) is 4.85. The molecule has 1 aliphatic carbocycles. The van der Waals surface area contributed by atoms with Crippen molar-refractivity contribution in [3.8, 4) is 0 Å². The van der Waals surface area contributed by atoms with E-state index in [1.165, 1.54) is 37.7 Å². The molecule has 1 unspecified atom stereocenters. The molecular formula is C17H12F3N3O3S. The molecule has 3 rings (SSSR count). The SMILES string of the molecule is Cc1ccc(NC2=C(S(C)=O)C(=O)c3nccnc3C2=O)cc1C(F)(F)F. The van der Waals surface area contributed by atoms with Crippen LogP contribution in [0.25, 0.3) is 0 Å². The zero-order valence-corrected chi connectivity index (χ0v) is 14.9. The third-order valence-electron chi connectivity index (χ3n) is 3.89. The molecule has 1 atom stereocenters. The molecule has 0 aliphatic heterocycles. The topological polar surface area (TPSA) is 89.0 Å². The van der Waals surface area contributed by atoms with Crippen molar-refractivity contribution in [3.05, 3.63) is 63.7 Å². The molecule has 1 N–H and O–H groups in total. The van der Waals surface area contributed by atoms with E-state index in [9.17, 15) is 27.0 Å². The Bertz CT molecular complexity index is 1030. The van der Waals surface area contributed by atoms with Crippen molar-refractivity contribution in [2.24, 2.45) is 0 Å². The highest BCUT2D eigenvalue weighted by atomic mass is 32.2. The maximum absolute atomic E-state index is 13.1. The van der Waals surface area contributed by atoms with Gasteiger partial charge in [0.25, 0.3) is 0 Å². The molecule has 0 radical (unpaired) electrons. The number of rotatable bonds is 3. The number of benzene rings is 1. The van der Waals surface area contributed by atoms with Gasteiger partial charge in [0.2, 0.25) is 11.6 Å². The van der Waals surface area contributed by atoms with Gasteiger partial charge >= 0.3 is 6.18 Å². The lowest BCUT2D eigenvalue weighted by atomic mass is 10.0. The predicted octanol–water partition coefficient (Wildman–Crippen LogP) is 2.89. The number of nitrogens with zero attached hydrogens (tertiary/aromatic N) is 2. The first-order chi connectivity index (χ1) is 12.6. The van der Waals surface area contributed by atoms with Crippen molar-refractivity contribution >= 4 is 28.1 Å². The average molecular weight is 395 g/mol. The summed E-state index contributed by atoms with van der Waals surface area (Å²) in [6.45, 7) is 1.31. The van der Waals surface area contributed by atoms with Gasteiger partial charge in [-0.1, -0.05) is 6.07 Å². The molecule has 27 heavy (non-hydrogen) atoms. The Hall–Kier alpha value is -2.88. The Morgan fingerprint density at radius 3 is 2.19 bits per heavy atom. The number of hydrogen-bond donors (Lipinski definition) is 1. The summed E-state index contributed by atoms with van der Waals surface area (Å²) < 4.78 is 51.4. The van der Waals surface area contributed by atoms with Crippen molar-refractivity contribution in [3.63, 3.8) is 0 Å². The van der Waals surface area contributed by atoms with Crippen LogP contribution in [0.1, 0.15) is 32.1 Å². The van der Waals surface area contributed by atoms with Crippen molar-refractivity contribution in [2.75, 3.05) is 11.6 Å². The van der Waals surface area contributed by atoms with Crippen LogP contribution in [0.3, 0.4) is 0 Å². The van der Waals surface area contributed by atoms with E-state index < -0.39 is 34.1 Å². The first kappa shape index (κ1) is 18.9. The van der Waals surface area contributed by atoms with Crippen LogP contribution >= 0.6 is 0 Å². The van der Waals surface area contributed by atoms with Gasteiger partial charge in [-0.05, 0) is 24.6 Å². The summed E-state index contributed by atoms with van der Waals surface area (Å²) in [5, 5.41) is 2.52. The first-order valence-corrected chi connectivity index (χ1v) is 9.10. The second-order valence-electron chi connectivity index (χ2n) is 5.72. The van der Waals surface area contributed by atoms with Crippen LogP contribution in [0.2, 0.25) is 0 Å². The van der Waals surface area contributed by atoms with E-state index in [4.69, 9.17) is 0 Å². The van der Waals surface area contributed by atoms with Crippen LogP contribution in [0.15, 0.2) is 41.2 Å². The molecule has 140 valence electrons. The molecular weight excluding hydrogens is 383 g/mol. The van der Waals surface area contributed by atoms with Gasteiger partial charge < -0.3 is 5.32 Å². The van der Waals surface area contributed by atoms with Gasteiger partial charge in [0, 0.05) is 24.3 Å². The van der Waals surface area contributed by atoms with Crippen LogP contribution in [0, 0.1) is 6.92 Å². The van der Waals surface area contributed by atoms with E-state index in [1.54, 1.807) is 0 Å². The van der Waals surface area contributed by atoms with Crippen molar-refractivity contribution < 1.29 is 27.0 Å². The number of aromatic nitrogens is 2. The number of ketones is 2. The van der Waals surface area contributed by atoms with Crippen LogP contribution in [-0.4, -0.2) is 32.0 Å². The van der Waals surface area contributed by atoms with E-state index in [-0.39, 0.29) is 33.2 Å². The van der Waals surface area contributed by atoms with E-state index in [2.05, 4.69) is 15.3 Å². The minimum Gasteiger partial charge on any atom is -0.351 e. The summed E-state index contributed by atoms with van der Waals surface area (Å²) in [7, 11) is -1.88. The summed E-state index contributed by atoms with van der Waals surface area (Å²) in [6.07, 6.45) is -0.964. The summed E-state index contributed by atoms with van der Waals surface area (Å²) in [6, 6.07) is 3.39. The van der Waals surface area contributed by atoms with E-state index >= 15 is 0 Å². The number of allylic oxidation sites excluding steroid dienone is 2. The molecule has 0 fully saturated rings. The summed E-state index contributed by atoms with van der Waals surface area (Å²) >= 11 is 0. The molecule has 0 spiro atoms. The average Bonchev–Trinajstić information content (AvgIpc) is 2.59. The van der Waals surface area contributed by atoms with Gasteiger partial charge in [0.05, 0.1) is 16.4 Å². The smallest absolute Gasteiger partial charge is 0.351 e. The van der Waals surface area contributed by atoms with Gasteiger partial charge in [-0.25, -0.2) is 9.97 Å². The summed E-state index contributed by atoms with van der Waals surface area (Å²) in [5.41, 5.74) is -1.81. The molecule has 0 saturated carbocycles. The van der Waals surface area contributed by atoms with Crippen molar-refractivity contribution in [1.82, 2.24) is 9.97 Å². The predicted molar refractivity (Wildman–Crippen MR) is 91.6 cm³/mol. The summed E-state index contributed by atoms with van der Waals surface area (Å²) in [5.74, 6) is -1.53. The molecule has 1 aliphatic rings. The molecule has 1 aromatic carbocycles. The Labute approximate surface area is 154 Å². The Kier molecular flexibility index (Phi) is 4.68. The van der Waals surface area contributed by atoms with Gasteiger partial charge in [-0.2, -0.15) is 13.2 Å². The zero-order chi connectivity index (χ0) is 19.9. The van der Waals surface area contributed by atoms with Crippen LogP contribution in [0.4, 0.5) is 18.9 Å². The second-order valence-corrected chi connectivity index (χ2v) is 7.04. The molecule has 10 heteroatoms. The van der Waals surface area contributed by atoms with Crippen LogP contribution < -0.4 is 5.32 Å². The minimum atomic E-state index is -4.59. The van der Waals surface area contributed by atoms with Crippen LogP contribution in [0.5, 0.6) is 0 Å². The number of Topliss-reactive ketones (excluding diaryl/α,β-unsaturated/α-hetero) is 2. The minimum absolute atomic E-state index is 0.00332. The number of halogens is 3. The maximum Gasteiger partial charge on any atom is 0.416 e. The van der Waals surface area contributed by atoms with Crippen molar-refractivity contribution in [2.45, 2.75) is 13.1 Å². The summed E-state index contributed by atoms with van der Waals surface area (Å²) in [4.78, 5) is 32.5. The number of alkyl halides is 3. The fraction of sp³-hybridized carbons (Fsp3) is 0.176. The lowest BCUT2D eigenvalue weighted by molar-refractivity contribution is -0.138. The normalized spacial score (nSPS) is 15.6. The number of carbonyl (C=O) groups excluding carboxylic acids is 2. The van der Waals surface area contributed by atoms with E-state index in [0.717, 1.165) is 6.07 Å². The molecule has 0 amide bonds. The number of fused-ring (bicyclic) bond motifs is 1. The van der Waals surface area contributed by atoms with Gasteiger partial charge in [-0.15, -0.1) is 0 Å². The zero-order valence-electron chi connectivity index (χ0n) is 14.0. The Balaban J connectivity index is 2.12. The fourth-order valence-electron chi connectivity index (χ4n) is 2.65. The Morgan fingerprint density at radius 2 is 1.63 bits per heavy atom. The first-order valence-electron chi connectivity index (χ1n) is 7.54. The number of aryl methyl sites for hydroxylation is 1. The molecule has 2 aromatic rings. The number of carbonyl (C=O) groups is 2. The highest BCUT2D eigenvalue weighted by molar-refractivity contribution is 7.89. The van der Waals surface area contributed by atoms with Gasteiger partial charge in [0.15, 0.2) is 0 Å². The van der Waals surface area contributed by atoms with E-state index in [1.807, 2.05) is 0 Å². The number of nitrogens with one attached hydrogen (secondary N) is 1. The quantitative estimate of drug-likeness (QED) is 0.860. The Morgan fingerprint density at radius 1 is 1.04 bits per heavy atom. The van der Waals surface area contributed by atoms with E-state index in [0.29, 0.717) is 0 Å². The second kappa shape index (κ2) is 6.69. The fourth-order valence-corrected chi connectivity index (χ4v) is 3.44. The molecule has 1 heterocycles. The molecule has 1 aromatic heterocycles. The maximum atomic E-state index is 13.1. The largest absolute Gasteiger partial charge is 0.416 e. The molecule has 0 bridgehead atoms. The van der Waals surface area contributed by atoms with Crippen molar-refractivity contribution in [1.29, 1.82) is 0 Å².